The second kappa shape index (κ2) is 12.3. The highest BCUT2D eigenvalue weighted by molar-refractivity contribution is 14.0. The molecule has 148 valence electrons. The monoisotopic (exact) mass is 467 g/mol. The number of halogens is 1. The van der Waals surface area contributed by atoms with Crippen LogP contribution in [0, 0.1) is 11.8 Å². The van der Waals surface area contributed by atoms with E-state index in [1.54, 1.807) is 0 Å². The molecule has 1 aliphatic carbocycles. The molecule has 6 nitrogen and oxygen atoms in total. The van der Waals surface area contributed by atoms with Crippen molar-refractivity contribution in [2.45, 2.75) is 19.8 Å². The predicted octanol–water partition coefficient (Wildman–Crippen LogP) is 1.42. The molecule has 0 bridgehead atoms. The van der Waals surface area contributed by atoms with Gasteiger partial charge < -0.3 is 24.8 Å². The van der Waals surface area contributed by atoms with Crippen LogP contribution in [0.2, 0.25) is 0 Å². The maximum absolute atomic E-state index is 5.72. The summed E-state index contributed by atoms with van der Waals surface area (Å²) in [7, 11) is 6.15. The highest BCUT2D eigenvalue weighted by Gasteiger charge is 2.21. The molecule has 0 aromatic carbocycles. The van der Waals surface area contributed by atoms with E-state index in [-0.39, 0.29) is 24.0 Å². The Hall–Kier alpha value is -0.120. The second-order valence-corrected chi connectivity index (χ2v) is 7.58. The smallest absolute Gasteiger partial charge is 0.193 e. The topological polar surface area (TPSA) is 43.3 Å². The maximum Gasteiger partial charge on any atom is 0.193 e. The Morgan fingerprint density at radius 3 is 2.56 bits per heavy atom. The van der Waals surface area contributed by atoms with Crippen molar-refractivity contribution in [3.8, 4) is 0 Å². The molecule has 0 aromatic rings. The van der Waals surface area contributed by atoms with Crippen molar-refractivity contribution in [3.05, 3.63) is 0 Å². The van der Waals surface area contributed by atoms with E-state index in [2.05, 4.69) is 46.0 Å². The number of aliphatic imine (C=N–C) groups is 1. The summed E-state index contributed by atoms with van der Waals surface area (Å²) in [5.74, 6) is 2.42. The molecular formula is C18H38IN5O. The van der Waals surface area contributed by atoms with Gasteiger partial charge in [-0.05, 0) is 31.7 Å². The summed E-state index contributed by atoms with van der Waals surface area (Å²) in [5, 5.41) is 3.51. The quantitative estimate of drug-likeness (QED) is 0.241. The van der Waals surface area contributed by atoms with Gasteiger partial charge in [-0.15, -0.1) is 24.0 Å². The van der Waals surface area contributed by atoms with E-state index >= 15 is 0 Å². The zero-order valence-electron chi connectivity index (χ0n) is 16.5. The van der Waals surface area contributed by atoms with E-state index in [4.69, 9.17) is 4.74 Å². The Morgan fingerprint density at radius 2 is 1.96 bits per heavy atom. The first-order chi connectivity index (χ1) is 11.6. The molecule has 0 radical (unpaired) electrons. The van der Waals surface area contributed by atoms with Crippen molar-refractivity contribution in [2.24, 2.45) is 16.8 Å². The lowest BCUT2D eigenvalue weighted by Gasteiger charge is -2.34. The van der Waals surface area contributed by atoms with E-state index in [0.717, 1.165) is 44.7 Å². The van der Waals surface area contributed by atoms with Crippen LogP contribution in [0.4, 0.5) is 0 Å². The molecule has 1 unspecified atom stereocenters. The van der Waals surface area contributed by atoms with Gasteiger partial charge in [0.25, 0.3) is 0 Å². The first kappa shape index (κ1) is 22.9. The predicted molar refractivity (Wildman–Crippen MR) is 116 cm³/mol. The van der Waals surface area contributed by atoms with Crippen molar-refractivity contribution in [1.82, 2.24) is 20.0 Å². The molecule has 7 heteroatoms. The molecule has 0 aromatic heterocycles. The van der Waals surface area contributed by atoms with Crippen LogP contribution in [0.3, 0.4) is 0 Å². The lowest BCUT2D eigenvalue weighted by molar-refractivity contribution is 0.115. The van der Waals surface area contributed by atoms with Crippen LogP contribution in [0.1, 0.15) is 19.8 Å². The van der Waals surface area contributed by atoms with Gasteiger partial charge in [0.1, 0.15) is 0 Å². The van der Waals surface area contributed by atoms with Gasteiger partial charge in [-0.25, -0.2) is 0 Å². The lowest BCUT2D eigenvalue weighted by Crippen LogP contribution is -2.48. The zero-order valence-corrected chi connectivity index (χ0v) is 18.9. The SMILES string of the molecule is CN=C(NCC(C)CN1CCN(C)CC1)N(C)CCOCC1CC1.I. The van der Waals surface area contributed by atoms with Crippen LogP contribution in [0.25, 0.3) is 0 Å². The summed E-state index contributed by atoms with van der Waals surface area (Å²) in [6.07, 6.45) is 2.70. The summed E-state index contributed by atoms with van der Waals surface area (Å²) >= 11 is 0. The number of nitrogens with one attached hydrogen (secondary N) is 1. The van der Waals surface area contributed by atoms with E-state index in [1.165, 1.54) is 39.0 Å². The number of nitrogens with zero attached hydrogens (tertiary/aromatic N) is 4. The third kappa shape index (κ3) is 9.40. The van der Waals surface area contributed by atoms with Crippen LogP contribution in [-0.2, 0) is 4.74 Å². The molecule has 1 saturated carbocycles. The minimum atomic E-state index is 0. The maximum atomic E-state index is 5.72. The summed E-state index contributed by atoms with van der Waals surface area (Å²) < 4.78 is 5.72. The average molecular weight is 467 g/mol. The van der Waals surface area contributed by atoms with Gasteiger partial charge in [-0.2, -0.15) is 0 Å². The zero-order chi connectivity index (χ0) is 17.4. The van der Waals surface area contributed by atoms with Gasteiger partial charge in [0, 0.05) is 66.5 Å². The van der Waals surface area contributed by atoms with Gasteiger partial charge >= 0.3 is 0 Å². The summed E-state index contributed by atoms with van der Waals surface area (Å²) in [6, 6.07) is 0. The molecule has 0 spiro atoms. The van der Waals surface area contributed by atoms with Crippen molar-refractivity contribution < 1.29 is 4.74 Å². The van der Waals surface area contributed by atoms with Gasteiger partial charge in [0.15, 0.2) is 5.96 Å². The molecule has 25 heavy (non-hydrogen) atoms. The molecule has 2 rings (SSSR count). The van der Waals surface area contributed by atoms with Crippen molar-refractivity contribution in [2.75, 3.05) is 80.2 Å². The molecule has 2 aliphatic rings. The third-order valence-corrected chi connectivity index (χ3v) is 4.97. The molecule has 1 atom stereocenters. The molecule has 1 heterocycles. The number of piperazine rings is 1. The molecular weight excluding hydrogens is 429 g/mol. The number of likely N-dealkylation sites (N-methyl/N-ethyl adjacent to an activating group) is 2. The first-order valence-electron chi connectivity index (χ1n) is 9.49. The normalized spacial score (nSPS) is 20.9. The summed E-state index contributed by atoms with van der Waals surface area (Å²) in [4.78, 5) is 11.5. The Kier molecular flexibility index (Phi) is 11.3. The molecule has 1 saturated heterocycles. The Bertz CT molecular complexity index is 384. The second-order valence-electron chi connectivity index (χ2n) is 7.58. The minimum absolute atomic E-state index is 0. The van der Waals surface area contributed by atoms with Crippen molar-refractivity contribution in [3.63, 3.8) is 0 Å². The van der Waals surface area contributed by atoms with Crippen LogP contribution < -0.4 is 5.32 Å². The highest BCUT2D eigenvalue weighted by atomic mass is 127. The van der Waals surface area contributed by atoms with Crippen molar-refractivity contribution >= 4 is 29.9 Å². The Labute approximate surface area is 171 Å². The van der Waals surface area contributed by atoms with Gasteiger partial charge in [-0.1, -0.05) is 6.92 Å². The standard InChI is InChI=1S/C18H37N5O.HI/c1-16(14-23-9-7-21(3)8-10-23)13-20-18(19-2)22(4)11-12-24-15-17-5-6-17;/h16-17H,5-15H2,1-4H3,(H,19,20);1H. The molecule has 0 amide bonds. The number of hydrogen-bond acceptors (Lipinski definition) is 4. The summed E-state index contributed by atoms with van der Waals surface area (Å²) in [6.45, 7) is 11.8. The fraction of sp³-hybridized carbons (Fsp3) is 0.944. The van der Waals surface area contributed by atoms with E-state index < -0.39 is 0 Å². The number of ether oxygens (including phenoxy) is 1. The molecule has 1 N–H and O–H groups in total. The number of hydrogen-bond donors (Lipinski definition) is 1. The highest BCUT2D eigenvalue weighted by Crippen LogP contribution is 2.28. The van der Waals surface area contributed by atoms with E-state index in [9.17, 15) is 0 Å². The van der Waals surface area contributed by atoms with Gasteiger partial charge in [-0.3, -0.25) is 4.99 Å². The lowest BCUT2D eigenvalue weighted by atomic mass is 10.1. The first-order valence-corrected chi connectivity index (χ1v) is 9.49. The Morgan fingerprint density at radius 1 is 1.28 bits per heavy atom. The minimum Gasteiger partial charge on any atom is -0.379 e. The van der Waals surface area contributed by atoms with Gasteiger partial charge in [0.05, 0.1) is 6.61 Å². The average Bonchev–Trinajstić information content (AvgIpc) is 3.38. The fourth-order valence-electron chi connectivity index (χ4n) is 3.03. The molecule has 2 fully saturated rings. The van der Waals surface area contributed by atoms with Crippen LogP contribution >= 0.6 is 24.0 Å². The number of rotatable bonds is 9. The van der Waals surface area contributed by atoms with Crippen molar-refractivity contribution in [1.29, 1.82) is 0 Å². The van der Waals surface area contributed by atoms with Crippen LogP contribution in [0.15, 0.2) is 4.99 Å². The van der Waals surface area contributed by atoms with Gasteiger partial charge in [0.2, 0.25) is 0 Å². The van der Waals surface area contributed by atoms with E-state index in [1.807, 2.05) is 7.05 Å². The van der Waals surface area contributed by atoms with E-state index in [0.29, 0.717) is 5.92 Å². The van der Waals surface area contributed by atoms with Crippen LogP contribution in [-0.4, -0.2) is 101 Å². The summed E-state index contributed by atoms with van der Waals surface area (Å²) in [5.41, 5.74) is 0. The molecule has 1 aliphatic heterocycles. The van der Waals surface area contributed by atoms with Crippen LogP contribution in [0.5, 0.6) is 0 Å². The largest absolute Gasteiger partial charge is 0.379 e. The third-order valence-electron chi connectivity index (χ3n) is 4.97. The Balaban J connectivity index is 0.00000312. The number of guanidine groups is 1. The fourth-order valence-corrected chi connectivity index (χ4v) is 3.03.